The van der Waals surface area contributed by atoms with Crippen molar-refractivity contribution in [2.75, 3.05) is 13.7 Å². The van der Waals surface area contributed by atoms with E-state index in [0.717, 1.165) is 19.3 Å². The standard InChI is InChI=1S/C28H35NO4/c1-27(2,3)25-29-24(30)22(18-28(29,19-33-25)26(31)32-4)16-11-17-23(20-12-7-5-8-13-20)21-14-9-6-10-15-21/h5-10,12-15,22-23,25H,11,16-19H2,1-4H3/t22-,25?,28-/m1/s1. The number of hydrogen-bond donors (Lipinski definition) is 0. The van der Waals surface area contributed by atoms with Crippen molar-refractivity contribution in [3.8, 4) is 0 Å². The van der Waals surface area contributed by atoms with Gasteiger partial charge in [-0.3, -0.25) is 9.69 Å². The molecule has 0 bridgehead atoms. The molecule has 0 radical (unpaired) electrons. The number of ether oxygens (including phenoxy) is 2. The van der Waals surface area contributed by atoms with E-state index in [-0.39, 0.29) is 35.7 Å². The van der Waals surface area contributed by atoms with Gasteiger partial charge in [0.15, 0.2) is 5.54 Å². The molecule has 2 aromatic carbocycles. The molecule has 3 atom stereocenters. The molecule has 2 aliphatic rings. The molecule has 176 valence electrons. The lowest BCUT2D eigenvalue weighted by Gasteiger charge is -2.36. The summed E-state index contributed by atoms with van der Waals surface area (Å²) in [6.07, 6.45) is 2.64. The van der Waals surface area contributed by atoms with Gasteiger partial charge in [-0.15, -0.1) is 0 Å². The molecule has 0 aliphatic carbocycles. The minimum absolute atomic E-state index is 0.0220. The Morgan fingerprint density at radius 2 is 1.67 bits per heavy atom. The Labute approximate surface area is 197 Å². The number of fused-ring (bicyclic) bond motifs is 1. The average molecular weight is 450 g/mol. The van der Waals surface area contributed by atoms with Gasteiger partial charge in [0, 0.05) is 17.3 Å². The lowest BCUT2D eigenvalue weighted by atomic mass is 9.84. The summed E-state index contributed by atoms with van der Waals surface area (Å²) >= 11 is 0. The van der Waals surface area contributed by atoms with E-state index in [0.29, 0.717) is 6.42 Å². The van der Waals surface area contributed by atoms with E-state index >= 15 is 0 Å². The smallest absolute Gasteiger partial charge is 0.334 e. The van der Waals surface area contributed by atoms with E-state index in [1.165, 1.54) is 18.2 Å². The maximum atomic E-state index is 13.5. The molecule has 33 heavy (non-hydrogen) atoms. The first kappa shape index (κ1) is 23.5. The minimum atomic E-state index is -0.993. The third-order valence-electron chi connectivity index (χ3n) is 7.10. The van der Waals surface area contributed by atoms with Crippen LogP contribution in [-0.2, 0) is 19.1 Å². The van der Waals surface area contributed by atoms with E-state index in [1.54, 1.807) is 4.90 Å². The normalized spacial score (nSPS) is 24.9. The van der Waals surface area contributed by atoms with Gasteiger partial charge in [-0.1, -0.05) is 87.9 Å². The zero-order chi connectivity index (χ0) is 23.6. The summed E-state index contributed by atoms with van der Waals surface area (Å²) in [6, 6.07) is 21.1. The first-order valence-corrected chi connectivity index (χ1v) is 11.9. The molecule has 0 saturated carbocycles. The molecule has 5 nitrogen and oxygen atoms in total. The van der Waals surface area contributed by atoms with Crippen molar-refractivity contribution in [2.45, 2.75) is 64.1 Å². The second-order valence-electron chi connectivity index (χ2n) is 10.5. The highest BCUT2D eigenvalue weighted by Gasteiger charge is 2.64. The average Bonchev–Trinajstić information content (AvgIpc) is 3.33. The third kappa shape index (κ3) is 4.43. The fourth-order valence-corrected chi connectivity index (χ4v) is 5.52. The maximum Gasteiger partial charge on any atom is 0.334 e. The number of methoxy groups -OCH3 is 1. The monoisotopic (exact) mass is 449 g/mol. The van der Waals surface area contributed by atoms with Gasteiger partial charge in [0.05, 0.1) is 13.7 Å². The fraction of sp³-hybridized carbons (Fsp3) is 0.500. The predicted octanol–water partition coefficient (Wildman–Crippen LogP) is 5.15. The Balaban J connectivity index is 1.50. The Morgan fingerprint density at radius 3 is 2.18 bits per heavy atom. The summed E-state index contributed by atoms with van der Waals surface area (Å²) in [6.45, 7) is 6.32. The summed E-state index contributed by atoms with van der Waals surface area (Å²) in [4.78, 5) is 28.1. The molecule has 0 spiro atoms. The van der Waals surface area contributed by atoms with Gasteiger partial charge in [0.1, 0.15) is 6.23 Å². The molecule has 5 heteroatoms. The van der Waals surface area contributed by atoms with Crippen LogP contribution in [0.25, 0.3) is 0 Å². The van der Waals surface area contributed by atoms with Crippen molar-refractivity contribution >= 4 is 11.9 Å². The summed E-state index contributed by atoms with van der Waals surface area (Å²) in [5, 5.41) is 0. The highest BCUT2D eigenvalue weighted by molar-refractivity contribution is 5.94. The van der Waals surface area contributed by atoms with Crippen LogP contribution in [0, 0.1) is 11.3 Å². The van der Waals surface area contributed by atoms with E-state index in [2.05, 4.69) is 48.5 Å². The summed E-state index contributed by atoms with van der Waals surface area (Å²) in [7, 11) is 1.39. The van der Waals surface area contributed by atoms with E-state index < -0.39 is 11.8 Å². The van der Waals surface area contributed by atoms with Crippen molar-refractivity contribution in [1.82, 2.24) is 4.90 Å². The number of hydrogen-bond acceptors (Lipinski definition) is 4. The molecule has 2 aliphatic heterocycles. The molecule has 1 unspecified atom stereocenters. The second-order valence-corrected chi connectivity index (χ2v) is 10.5. The van der Waals surface area contributed by atoms with Crippen LogP contribution in [0.4, 0.5) is 0 Å². The number of rotatable bonds is 7. The maximum absolute atomic E-state index is 13.5. The van der Waals surface area contributed by atoms with Gasteiger partial charge in [0.2, 0.25) is 5.91 Å². The third-order valence-corrected chi connectivity index (χ3v) is 7.10. The van der Waals surface area contributed by atoms with E-state index in [4.69, 9.17) is 9.47 Å². The second kappa shape index (κ2) is 9.30. The Bertz CT molecular complexity index is 929. The molecular weight excluding hydrogens is 414 g/mol. The molecule has 2 aromatic rings. The van der Waals surface area contributed by atoms with E-state index in [1.807, 2.05) is 32.9 Å². The molecule has 0 aromatic heterocycles. The molecule has 2 heterocycles. The summed E-state index contributed by atoms with van der Waals surface area (Å²) in [5.74, 6) is -0.251. The van der Waals surface area contributed by atoms with Crippen molar-refractivity contribution < 1.29 is 19.1 Å². The number of amides is 1. The Hall–Kier alpha value is -2.66. The zero-order valence-corrected chi connectivity index (χ0v) is 20.1. The largest absolute Gasteiger partial charge is 0.467 e. The van der Waals surface area contributed by atoms with Gasteiger partial charge in [0.25, 0.3) is 0 Å². The van der Waals surface area contributed by atoms with Gasteiger partial charge in [-0.2, -0.15) is 0 Å². The Kier molecular flexibility index (Phi) is 6.62. The topological polar surface area (TPSA) is 55.8 Å². The van der Waals surface area contributed by atoms with Crippen LogP contribution in [-0.4, -0.2) is 42.3 Å². The van der Waals surface area contributed by atoms with Crippen molar-refractivity contribution in [2.24, 2.45) is 11.3 Å². The van der Waals surface area contributed by atoms with Gasteiger partial charge in [-0.25, -0.2) is 4.79 Å². The number of benzene rings is 2. The van der Waals surface area contributed by atoms with Crippen LogP contribution in [0.5, 0.6) is 0 Å². The van der Waals surface area contributed by atoms with Crippen LogP contribution in [0.1, 0.15) is 63.5 Å². The molecule has 1 amide bonds. The first-order chi connectivity index (χ1) is 15.8. The zero-order valence-electron chi connectivity index (χ0n) is 20.1. The lowest BCUT2D eigenvalue weighted by molar-refractivity contribution is -0.158. The SMILES string of the molecule is COC(=O)[C@@]12COC(C(C)(C)C)N1C(=O)[C@H](CCCC(c1ccccc1)c1ccccc1)C2. The molecule has 2 saturated heterocycles. The highest BCUT2D eigenvalue weighted by atomic mass is 16.6. The van der Waals surface area contributed by atoms with Crippen LogP contribution >= 0.6 is 0 Å². The Morgan fingerprint density at radius 1 is 1.09 bits per heavy atom. The quantitative estimate of drug-likeness (QED) is 0.549. The first-order valence-electron chi connectivity index (χ1n) is 11.9. The van der Waals surface area contributed by atoms with Crippen molar-refractivity contribution in [3.63, 3.8) is 0 Å². The van der Waals surface area contributed by atoms with Crippen molar-refractivity contribution in [3.05, 3.63) is 71.8 Å². The van der Waals surface area contributed by atoms with Crippen LogP contribution < -0.4 is 0 Å². The predicted molar refractivity (Wildman–Crippen MR) is 127 cm³/mol. The molecular formula is C28H35NO4. The fourth-order valence-electron chi connectivity index (χ4n) is 5.52. The molecule has 0 N–H and O–H groups in total. The number of esters is 1. The lowest BCUT2D eigenvalue weighted by Crippen LogP contribution is -2.54. The number of carbonyl (C=O) groups excluding carboxylic acids is 2. The van der Waals surface area contributed by atoms with Gasteiger partial charge < -0.3 is 9.47 Å². The van der Waals surface area contributed by atoms with E-state index in [9.17, 15) is 9.59 Å². The van der Waals surface area contributed by atoms with Gasteiger partial charge >= 0.3 is 5.97 Å². The molecule has 4 rings (SSSR count). The van der Waals surface area contributed by atoms with Crippen molar-refractivity contribution in [1.29, 1.82) is 0 Å². The van der Waals surface area contributed by atoms with Crippen LogP contribution in [0.15, 0.2) is 60.7 Å². The van der Waals surface area contributed by atoms with Gasteiger partial charge in [-0.05, 0) is 30.4 Å². The summed E-state index contributed by atoms with van der Waals surface area (Å²) in [5.41, 5.74) is 1.29. The minimum Gasteiger partial charge on any atom is -0.467 e. The number of nitrogens with zero attached hydrogens (tertiary/aromatic N) is 1. The highest BCUT2D eigenvalue weighted by Crippen LogP contribution is 2.48. The summed E-state index contributed by atoms with van der Waals surface area (Å²) < 4.78 is 11.1. The van der Waals surface area contributed by atoms with Crippen LogP contribution in [0.3, 0.4) is 0 Å². The number of carbonyl (C=O) groups is 2. The molecule has 2 fully saturated rings. The van der Waals surface area contributed by atoms with Crippen LogP contribution in [0.2, 0.25) is 0 Å².